The maximum Gasteiger partial charge on any atom is -0.000718 e. The molecule has 0 N–H and O–H groups in total. The molecule has 0 nitrogen and oxygen atoms in total. The van der Waals surface area contributed by atoms with Crippen molar-refractivity contribution < 1.29 is 0 Å². The third-order valence-electron chi connectivity index (χ3n) is 2.66. The average Bonchev–Trinajstić information content (AvgIpc) is 2.59. The van der Waals surface area contributed by atoms with Crippen LogP contribution in [0.25, 0.3) is 23.8 Å². The topological polar surface area (TPSA) is 0 Å². The molecule has 0 fully saturated rings. The molecule has 0 heteroatoms. The molecule has 0 bridgehead atoms. The van der Waals surface area contributed by atoms with Crippen LogP contribution in [0.1, 0.15) is 5.56 Å². The number of benzene rings is 2. The van der Waals surface area contributed by atoms with E-state index in [-0.39, 0.29) is 0 Å². The third-order valence-corrected chi connectivity index (χ3v) is 2.66. The summed E-state index contributed by atoms with van der Waals surface area (Å²) in [6, 6.07) is 14.1. The minimum atomic E-state index is 0.610. The Morgan fingerprint density at radius 3 is 2.50 bits per heavy atom. The molecule has 0 unspecified atom stereocenters. The molecule has 0 saturated heterocycles. The molecule has 0 spiro atoms. The van der Waals surface area contributed by atoms with E-state index in [2.05, 4.69) is 24.3 Å². The summed E-state index contributed by atoms with van der Waals surface area (Å²) in [6.07, 6.45) is 2.09. The molecule has 3 rings (SSSR count). The van der Waals surface area contributed by atoms with Gasteiger partial charge in [-0.3, -0.25) is 0 Å². The highest BCUT2D eigenvalue weighted by Crippen LogP contribution is 2.24. The van der Waals surface area contributed by atoms with E-state index in [0.29, 0.717) is 5.22 Å². The molecular weight excluding hydrogens is 168 g/mol. The SMILES string of the molecule is [C]=c1cccc2c1=Cc1ccccc1-2. The Kier molecular flexibility index (Phi) is 1.40. The van der Waals surface area contributed by atoms with Crippen LogP contribution in [0.2, 0.25) is 0 Å². The predicted molar refractivity (Wildman–Crippen MR) is 58.1 cm³/mol. The van der Waals surface area contributed by atoms with Crippen molar-refractivity contribution >= 4 is 12.7 Å². The summed E-state index contributed by atoms with van der Waals surface area (Å²) in [7, 11) is 0. The number of rotatable bonds is 0. The van der Waals surface area contributed by atoms with Gasteiger partial charge >= 0.3 is 0 Å². The van der Waals surface area contributed by atoms with E-state index in [9.17, 15) is 0 Å². The van der Waals surface area contributed by atoms with Crippen molar-refractivity contribution in [2.45, 2.75) is 0 Å². The zero-order valence-electron chi connectivity index (χ0n) is 7.62. The van der Waals surface area contributed by atoms with E-state index in [1.54, 1.807) is 0 Å². The maximum absolute atomic E-state index is 7.80. The molecule has 0 atom stereocenters. The highest BCUT2D eigenvalue weighted by molar-refractivity contribution is 5.82. The van der Waals surface area contributed by atoms with Gasteiger partial charge in [-0.1, -0.05) is 42.5 Å². The Morgan fingerprint density at radius 1 is 0.786 bits per heavy atom. The molecular formula is C14H8. The average molecular weight is 176 g/mol. The molecule has 0 amide bonds. The Labute approximate surface area is 82.8 Å². The summed E-state index contributed by atoms with van der Waals surface area (Å²) in [6.45, 7) is 7.80. The van der Waals surface area contributed by atoms with Crippen LogP contribution in [-0.2, 0) is 0 Å². The molecule has 2 aromatic rings. The minimum absolute atomic E-state index is 0.610. The lowest BCUT2D eigenvalue weighted by molar-refractivity contribution is 1.55. The van der Waals surface area contributed by atoms with Gasteiger partial charge in [-0.2, -0.15) is 0 Å². The van der Waals surface area contributed by atoms with Crippen LogP contribution >= 0.6 is 0 Å². The highest BCUT2D eigenvalue weighted by Gasteiger charge is 2.10. The van der Waals surface area contributed by atoms with Crippen molar-refractivity contribution in [3.63, 3.8) is 0 Å². The zero-order chi connectivity index (χ0) is 9.54. The van der Waals surface area contributed by atoms with E-state index in [1.807, 2.05) is 24.3 Å². The lowest BCUT2D eigenvalue weighted by Crippen LogP contribution is -2.22. The predicted octanol–water partition coefficient (Wildman–Crippen LogP) is 1.66. The largest absolute Gasteiger partial charge is 0.0616 e. The lowest BCUT2D eigenvalue weighted by atomic mass is 10.1. The van der Waals surface area contributed by atoms with E-state index < -0.39 is 0 Å². The lowest BCUT2D eigenvalue weighted by Gasteiger charge is -1.98. The first-order valence-corrected chi connectivity index (χ1v) is 4.65. The third kappa shape index (κ3) is 0.882. The quantitative estimate of drug-likeness (QED) is 0.488. The van der Waals surface area contributed by atoms with Crippen LogP contribution in [0, 0.1) is 0 Å². The Hall–Kier alpha value is -1.82. The molecule has 1 aliphatic carbocycles. The highest BCUT2D eigenvalue weighted by atomic mass is 14.1. The van der Waals surface area contributed by atoms with Crippen LogP contribution in [0.3, 0.4) is 0 Å². The number of hydrogen-bond acceptors (Lipinski definition) is 0. The normalized spacial score (nSPS) is 11.7. The van der Waals surface area contributed by atoms with Crippen LogP contribution in [0.5, 0.6) is 0 Å². The summed E-state index contributed by atoms with van der Waals surface area (Å²) in [5.41, 5.74) is 3.66. The fourth-order valence-electron chi connectivity index (χ4n) is 1.98. The number of hydrogen-bond donors (Lipinski definition) is 0. The monoisotopic (exact) mass is 176 g/mol. The first kappa shape index (κ1) is 7.57. The molecule has 14 heavy (non-hydrogen) atoms. The first-order chi connectivity index (χ1) is 6.86. The molecule has 1 aliphatic rings. The van der Waals surface area contributed by atoms with Gasteiger partial charge in [0.1, 0.15) is 0 Å². The Balaban J connectivity index is 2.51. The van der Waals surface area contributed by atoms with Crippen LogP contribution in [0.15, 0.2) is 42.5 Å². The van der Waals surface area contributed by atoms with Crippen LogP contribution in [0.4, 0.5) is 0 Å². The van der Waals surface area contributed by atoms with E-state index in [0.717, 1.165) is 5.22 Å². The van der Waals surface area contributed by atoms with Gasteiger partial charge < -0.3 is 0 Å². The van der Waals surface area contributed by atoms with Crippen molar-refractivity contribution in [2.24, 2.45) is 0 Å². The van der Waals surface area contributed by atoms with Crippen molar-refractivity contribution in [3.8, 4) is 11.1 Å². The summed E-state index contributed by atoms with van der Waals surface area (Å²) in [4.78, 5) is 0. The van der Waals surface area contributed by atoms with Gasteiger partial charge in [-0.15, -0.1) is 0 Å². The van der Waals surface area contributed by atoms with Gasteiger partial charge in [0.05, 0.1) is 0 Å². The van der Waals surface area contributed by atoms with Gasteiger partial charge in [0.25, 0.3) is 0 Å². The van der Waals surface area contributed by atoms with Gasteiger partial charge in [-0.25, -0.2) is 0 Å². The van der Waals surface area contributed by atoms with Crippen LogP contribution < -0.4 is 10.4 Å². The van der Waals surface area contributed by atoms with Crippen molar-refractivity contribution in [3.05, 3.63) is 58.5 Å². The smallest absolute Gasteiger partial charge is 0.000718 e. The van der Waals surface area contributed by atoms with E-state index >= 15 is 0 Å². The first-order valence-electron chi connectivity index (χ1n) is 4.65. The van der Waals surface area contributed by atoms with Crippen molar-refractivity contribution in [1.82, 2.24) is 0 Å². The molecule has 2 radical (unpaired) electrons. The standard InChI is InChI=1S/C14H8/c1-10-5-4-8-13-12-7-3-2-6-11(12)9-14(10)13/h2-9H. The second-order valence-electron chi connectivity index (χ2n) is 3.50. The molecule has 64 valence electrons. The van der Waals surface area contributed by atoms with Gasteiger partial charge in [0.2, 0.25) is 0 Å². The zero-order valence-corrected chi connectivity index (χ0v) is 7.62. The Morgan fingerprint density at radius 2 is 1.57 bits per heavy atom. The fourth-order valence-corrected chi connectivity index (χ4v) is 1.98. The van der Waals surface area contributed by atoms with Gasteiger partial charge in [0, 0.05) is 0 Å². The maximum atomic E-state index is 7.80. The number of fused-ring (bicyclic) bond motifs is 3. The summed E-state index contributed by atoms with van der Waals surface area (Å²) in [5, 5.41) is 1.66. The fraction of sp³-hybridized carbons (Fsp3) is 0. The van der Waals surface area contributed by atoms with Gasteiger partial charge in [0.15, 0.2) is 0 Å². The molecule has 0 aliphatic heterocycles. The van der Waals surface area contributed by atoms with Gasteiger partial charge in [-0.05, 0) is 39.8 Å². The molecule has 0 saturated carbocycles. The summed E-state index contributed by atoms with van der Waals surface area (Å²) >= 11 is 0. The van der Waals surface area contributed by atoms with Crippen LogP contribution in [-0.4, -0.2) is 0 Å². The minimum Gasteiger partial charge on any atom is -0.0616 e. The second kappa shape index (κ2) is 2.58. The van der Waals surface area contributed by atoms with Crippen molar-refractivity contribution in [1.29, 1.82) is 0 Å². The summed E-state index contributed by atoms with van der Waals surface area (Å²) < 4.78 is 0. The molecule has 0 heterocycles. The Bertz CT molecular complexity index is 606. The molecule has 0 aromatic heterocycles. The summed E-state index contributed by atoms with van der Waals surface area (Å²) in [5.74, 6) is 0. The van der Waals surface area contributed by atoms with E-state index in [4.69, 9.17) is 6.58 Å². The second-order valence-corrected chi connectivity index (χ2v) is 3.50. The van der Waals surface area contributed by atoms with E-state index in [1.165, 1.54) is 16.7 Å². The van der Waals surface area contributed by atoms with Crippen molar-refractivity contribution in [2.75, 3.05) is 0 Å². The molecule has 2 aromatic carbocycles.